The Balaban J connectivity index is 1.81. The molecule has 1 aliphatic rings. The van der Waals surface area contributed by atoms with Crippen LogP contribution in [0.2, 0.25) is 0 Å². The zero-order valence-corrected chi connectivity index (χ0v) is 12.3. The van der Waals surface area contributed by atoms with Gasteiger partial charge < -0.3 is 16.0 Å². The molecule has 0 bridgehead atoms. The highest BCUT2D eigenvalue weighted by Gasteiger charge is 2.11. The molecule has 110 valence electrons. The Labute approximate surface area is 121 Å². The summed E-state index contributed by atoms with van der Waals surface area (Å²) in [6, 6.07) is 5.62. The van der Waals surface area contributed by atoms with Crippen LogP contribution in [0, 0.1) is 6.92 Å². The lowest BCUT2D eigenvalue weighted by atomic mass is 10.1. The van der Waals surface area contributed by atoms with Crippen LogP contribution in [0.4, 0.5) is 11.4 Å². The van der Waals surface area contributed by atoms with Gasteiger partial charge in [-0.3, -0.25) is 4.79 Å². The van der Waals surface area contributed by atoms with Gasteiger partial charge in [-0.1, -0.05) is 18.9 Å². The smallest absolute Gasteiger partial charge is 0.225 e. The fourth-order valence-corrected chi connectivity index (χ4v) is 2.62. The number of likely N-dealkylation sites (tertiary alicyclic amines) is 1. The highest BCUT2D eigenvalue weighted by Crippen LogP contribution is 2.20. The van der Waals surface area contributed by atoms with Gasteiger partial charge in [0.1, 0.15) is 0 Å². The molecule has 2 rings (SSSR count). The van der Waals surface area contributed by atoms with Crippen molar-refractivity contribution >= 4 is 17.3 Å². The highest BCUT2D eigenvalue weighted by atomic mass is 16.1. The Hall–Kier alpha value is -1.55. The number of anilines is 2. The number of carbonyl (C=O) groups is 1. The minimum atomic E-state index is 0.0722. The third-order valence-electron chi connectivity index (χ3n) is 4.00. The molecule has 20 heavy (non-hydrogen) atoms. The first kappa shape index (κ1) is 14.9. The second-order valence-corrected chi connectivity index (χ2v) is 5.57. The van der Waals surface area contributed by atoms with E-state index >= 15 is 0 Å². The van der Waals surface area contributed by atoms with Crippen molar-refractivity contribution in [3.63, 3.8) is 0 Å². The summed E-state index contributed by atoms with van der Waals surface area (Å²) < 4.78 is 0. The van der Waals surface area contributed by atoms with Crippen molar-refractivity contribution in [1.29, 1.82) is 0 Å². The van der Waals surface area contributed by atoms with Gasteiger partial charge in [-0.2, -0.15) is 0 Å². The monoisotopic (exact) mass is 275 g/mol. The van der Waals surface area contributed by atoms with Crippen molar-refractivity contribution in [3.05, 3.63) is 23.8 Å². The summed E-state index contributed by atoms with van der Waals surface area (Å²) in [7, 11) is 0. The minimum absolute atomic E-state index is 0.0722. The lowest BCUT2D eigenvalue weighted by Gasteiger charge is -2.19. The van der Waals surface area contributed by atoms with Crippen LogP contribution < -0.4 is 11.1 Å². The fraction of sp³-hybridized carbons (Fsp3) is 0.562. The van der Waals surface area contributed by atoms with E-state index in [1.807, 2.05) is 25.1 Å². The molecule has 0 aromatic heterocycles. The van der Waals surface area contributed by atoms with E-state index in [9.17, 15) is 4.79 Å². The van der Waals surface area contributed by atoms with Gasteiger partial charge in [0.25, 0.3) is 0 Å². The van der Waals surface area contributed by atoms with Crippen LogP contribution in [0.5, 0.6) is 0 Å². The van der Waals surface area contributed by atoms with E-state index < -0.39 is 0 Å². The van der Waals surface area contributed by atoms with E-state index in [2.05, 4.69) is 10.2 Å². The van der Waals surface area contributed by atoms with E-state index in [-0.39, 0.29) is 5.91 Å². The number of nitrogens with zero attached hydrogens (tertiary/aromatic N) is 1. The first-order chi connectivity index (χ1) is 9.66. The summed E-state index contributed by atoms with van der Waals surface area (Å²) in [6.07, 6.45) is 5.72. The van der Waals surface area contributed by atoms with E-state index in [0.29, 0.717) is 6.42 Å². The molecule has 4 heteroatoms. The topological polar surface area (TPSA) is 58.4 Å². The summed E-state index contributed by atoms with van der Waals surface area (Å²) in [5, 5.41) is 2.96. The Kier molecular flexibility index (Phi) is 5.41. The Morgan fingerprint density at radius 3 is 2.65 bits per heavy atom. The number of rotatable bonds is 4. The first-order valence-corrected chi connectivity index (χ1v) is 7.54. The maximum absolute atomic E-state index is 12.0. The zero-order valence-electron chi connectivity index (χ0n) is 12.3. The average Bonchev–Trinajstić information content (AvgIpc) is 2.70. The molecule has 1 aliphatic heterocycles. The summed E-state index contributed by atoms with van der Waals surface area (Å²) in [4.78, 5) is 14.4. The molecular weight excluding hydrogens is 250 g/mol. The zero-order chi connectivity index (χ0) is 14.4. The summed E-state index contributed by atoms with van der Waals surface area (Å²) in [5.74, 6) is 0.0722. The number of carbonyl (C=O) groups excluding carboxylic acids is 1. The normalized spacial score (nSPS) is 16.6. The van der Waals surface area contributed by atoms with Crippen LogP contribution in [0.15, 0.2) is 18.2 Å². The second-order valence-electron chi connectivity index (χ2n) is 5.57. The summed E-state index contributed by atoms with van der Waals surface area (Å²) in [5.41, 5.74) is 8.33. The van der Waals surface area contributed by atoms with Gasteiger partial charge in [-0.05, 0) is 50.6 Å². The van der Waals surface area contributed by atoms with Gasteiger partial charge in [0.05, 0.1) is 0 Å². The summed E-state index contributed by atoms with van der Waals surface area (Å²) >= 11 is 0. The van der Waals surface area contributed by atoms with Gasteiger partial charge in [0.15, 0.2) is 0 Å². The Bertz CT molecular complexity index is 451. The van der Waals surface area contributed by atoms with Gasteiger partial charge in [-0.15, -0.1) is 0 Å². The standard InChI is InChI=1S/C16H25N3O/c1-13-14(17)7-6-8-15(13)18-16(20)9-12-19-10-4-2-3-5-11-19/h6-8H,2-5,9-12,17H2,1H3,(H,18,20). The molecule has 1 amide bonds. The van der Waals surface area contributed by atoms with Crippen LogP contribution in [-0.2, 0) is 4.79 Å². The van der Waals surface area contributed by atoms with Crippen molar-refractivity contribution in [1.82, 2.24) is 4.90 Å². The number of nitrogen functional groups attached to an aromatic ring is 1. The lowest BCUT2D eigenvalue weighted by Crippen LogP contribution is -2.28. The van der Waals surface area contributed by atoms with E-state index in [1.165, 1.54) is 25.7 Å². The van der Waals surface area contributed by atoms with Gasteiger partial charge >= 0.3 is 0 Å². The highest BCUT2D eigenvalue weighted by molar-refractivity contribution is 5.92. The molecule has 1 aromatic rings. The predicted octanol–water partition coefficient (Wildman–Crippen LogP) is 2.78. The van der Waals surface area contributed by atoms with Crippen LogP contribution in [0.25, 0.3) is 0 Å². The fourth-order valence-electron chi connectivity index (χ4n) is 2.62. The van der Waals surface area contributed by atoms with Crippen LogP contribution in [0.1, 0.15) is 37.7 Å². The Morgan fingerprint density at radius 2 is 1.95 bits per heavy atom. The summed E-state index contributed by atoms with van der Waals surface area (Å²) in [6.45, 7) is 5.04. The van der Waals surface area contributed by atoms with Crippen molar-refractivity contribution in [2.75, 3.05) is 30.7 Å². The molecule has 1 heterocycles. The molecule has 0 unspecified atom stereocenters. The van der Waals surface area contributed by atoms with E-state index in [4.69, 9.17) is 5.73 Å². The van der Waals surface area contributed by atoms with Gasteiger partial charge in [0, 0.05) is 24.3 Å². The number of nitrogens with two attached hydrogens (primary N) is 1. The maximum atomic E-state index is 12.0. The molecule has 0 radical (unpaired) electrons. The van der Waals surface area contributed by atoms with Crippen LogP contribution in [0.3, 0.4) is 0 Å². The maximum Gasteiger partial charge on any atom is 0.225 e. The molecule has 1 aromatic carbocycles. The molecule has 0 spiro atoms. The largest absolute Gasteiger partial charge is 0.398 e. The number of hydrogen-bond acceptors (Lipinski definition) is 3. The average molecular weight is 275 g/mol. The molecule has 4 nitrogen and oxygen atoms in total. The second kappa shape index (κ2) is 7.29. The molecule has 1 fully saturated rings. The molecular formula is C16H25N3O. The van der Waals surface area contributed by atoms with Crippen molar-refractivity contribution in [2.45, 2.75) is 39.0 Å². The number of amides is 1. The quantitative estimate of drug-likeness (QED) is 0.831. The van der Waals surface area contributed by atoms with Crippen molar-refractivity contribution < 1.29 is 4.79 Å². The Morgan fingerprint density at radius 1 is 1.25 bits per heavy atom. The lowest BCUT2D eigenvalue weighted by molar-refractivity contribution is -0.116. The van der Waals surface area contributed by atoms with Crippen LogP contribution in [-0.4, -0.2) is 30.4 Å². The molecule has 3 N–H and O–H groups in total. The molecule has 0 atom stereocenters. The van der Waals surface area contributed by atoms with E-state index in [1.54, 1.807) is 0 Å². The number of nitrogens with one attached hydrogen (secondary N) is 1. The molecule has 0 saturated carbocycles. The molecule has 1 saturated heterocycles. The van der Waals surface area contributed by atoms with Gasteiger partial charge in [-0.25, -0.2) is 0 Å². The minimum Gasteiger partial charge on any atom is -0.398 e. The first-order valence-electron chi connectivity index (χ1n) is 7.54. The third kappa shape index (κ3) is 4.23. The van der Waals surface area contributed by atoms with Crippen LogP contribution >= 0.6 is 0 Å². The van der Waals surface area contributed by atoms with E-state index in [0.717, 1.165) is 36.6 Å². The van der Waals surface area contributed by atoms with Crippen molar-refractivity contribution in [2.24, 2.45) is 0 Å². The SMILES string of the molecule is Cc1c(N)cccc1NC(=O)CCN1CCCCCC1. The van der Waals surface area contributed by atoms with Crippen molar-refractivity contribution in [3.8, 4) is 0 Å². The van der Waals surface area contributed by atoms with Gasteiger partial charge in [0.2, 0.25) is 5.91 Å². The third-order valence-corrected chi connectivity index (χ3v) is 4.00. The number of benzene rings is 1. The predicted molar refractivity (Wildman–Crippen MR) is 83.7 cm³/mol. The molecule has 0 aliphatic carbocycles. The number of hydrogen-bond donors (Lipinski definition) is 2.